The Labute approximate surface area is 77.6 Å². The minimum absolute atomic E-state index is 0.535. The highest BCUT2D eigenvalue weighted by atomic mass is 14.7. The highest BCUT2D eigenvalue weighted by Crippen LogP contribution is 2.22. The van der Waals surface area contributed by atoms with Crippen molar-refractivity contribution in [2.45, 2.75) is 19.8 Å². The third-order valence-corrected chi connectivity index (χ3v) is 2.20. The molecule has 0 unspecified atom stereocenters. The lowest BCUT2D eigenvalue weighted by Crippen LogP contribution is -1.91. The zero-order valence-corrected chi connectivity index (χ0v) is 7.86. The molecule has 2 aromatic rings. The summed E-state index contributed by atoms with van der Waals surface area (Å²) in [6, 6.07) is 4.10. The fourth-order valence-electron chi connectivity index (χ4n) is 1.52. The highest BCUT2D eigenvalue weighted by Gasteiger charge is 2.04. The molecule has 13 heavy (non-hydrogen) atoms. The smallest absolute Gasteiger partial charge is 0.0887 e. The maximum absolute atomic E-state index is 4.26. The second kappa shape index (κ2) is 3.13. The SMILES string of the molecule is CC(C)c1ccnc2cnccc12. The molecular weight excluding hydrogens is 160 g/mol. The molecule has 66 valence electrons. The molecule has 0 N–H and O–H groups in total. The average molecular weight is 172 g/mol. The number of fused-ring (bicyclic) bond motifs is 1. The van der Waals surface area contributed by atoms with E-state index in [0.29, 0.717) is 5.92 Å². The Balaban J connectivity index is 2.76. The van der Waals surface area contributed by atoms with E-state index in [1.54, 1.807) is 6.20 Å². The van der Waals surface area contributed by atoms with E-state index < -0.39 is 0 Å². The average Bonchev–Trinajstić information content (AvgIpc) is 2.17. The summed E-state index contributed by atoms with van der Waals surface area (Å²) in [7, 11) is 0. The zero-order chi connectivity index (χ0) is 9.26. The van der Waals surface area contributed by atoms with Gasteiger partial charge in [-0.05, 0) is 23.6 Å². The molecule has 0 radical (unpaired) electrons. The summed E-state index contributed by atoms with van der Waals surface area (Å²) in [5.74, 6) is 0.535. The number of rotatable bonds is 1. The molecule has 0 aliphatic carbocycles. The van der Waals surface area contributed by atoms with E-state index >= 15 is 0 Å². The monoisotopic (exact) mass is 172 g/mol. The lowest BCUT2D eigenvalue weighted by Gasteiger charge is -2.07. The summed E-state index contributed by atoms with van der Waals surface area (Å²) < 4.78 is 0. The van der Waals surface area contributed by atoms with Crippen molar-refractivity contribution in [2.24, 2.45) is 0 Å². The quantitative estimate of drug-likeness (QED) is 0.661. The zero-order valence-electron chi connectivity index (χ0n) is 7.86. The molecule has 0 saturated carbocycles. The first kappa shape index (κ1) is 8.17. The summed E-state index contributed by atoms with van der Waals surface area (Å²) in [4.78, 5) is 8.31. The van der Waals surface area contributed by atoms with Crippen LogP contribution in [0.2, 0.25) is 0 Å². The van der Waals surface area contributed by atoms with Crippen LogP contribution in [0.15, 0.2) is 30.7 Å². The van der Waals surface area contributed by atoms with E-state index in [0.717, 1.165) is 5.52 Å². The van der Waals surface area contributed by atoms with Gasteiger partial charge < -0.3 is 0 Å². The predicted molar refractivity (Wildman–Crippen MR) is 53.6 cm³/mol. The molecule has 0 spiro atoms. The van der Waals surface area contributed by atoms with Crippen LogP contribution in [0, 0.1) is 0 Å². The van der Waals surface area contributed by atoms with E-state index in [9.17, 15) is 0 Å². The van der Waals surface area contributed by atoms with Crippen LogP contribution >= 0.6 is 0 Å². The Morgan fingerprint density at radius 3 is 2.77 bits per heavy atom. The van der Waals surface area contributed by atoms with Gasteiger partial charge in [0, 0.05) is 17.8 Å². The van der Waals surface area contributed by atoms with Crippen LogP contribution in [-0.4, -0.2) is 9.97 Å². The van der Waals surface area contributed by atoms with E-state index in [4.69, 9.17) is 0 Å². The minimum atomic E-state index is 0.535. The molecule has 0 bridgehead atoms. The van der Waals surface area contributed by atoms with Gasteiger partial charge in [0.05, 0.1) is 11.7 Å². The van der Waals surface area contributed by atoms with Crippen LogP contribution in [0.4, 0.5) is 0 Å². The lowest BCUT2D eigenvalue weighted by atomic mass is 10.0. The fraction of sp³-hybridized carbons (Fsp3) is 0.273. The number of hydrogen-bond donors (Lipinski definition) is 0. The van der Waals surface area contributed by atoms with E-state index in [-0.39, 0.29) is 0 Å². The van der Waals surface area contributed by atoms with Gasteiger partial charge in [0.25, 0.3) is 0 Å². The largest absolute Gasteiger partial charge is 0.262 e. The number of pyridine rings is 2. The lowest BCUT2D eigenvalue weighted by molar-refractivity contribution is 0.874. The van der Waals surface area contributed by atoms with Crippen molar-refractivity contribution in [3.8, 4) is 0 Å². The van der Waals surface area contributed by atoms with Gasteiger partial charge in [0.1, 0.15) is 0 Å². The first-order valence-electron chi connectivity index (χ1n) is 4.47. The van der Waals surface area contributed by atoms with Crippen LogP contribution in [0.3, 0.4) is 0 Å². The Morgan fingerprint density at radius 2 is 2.00 bits per heavy atom. The van der Waals surface area contributed by atoms with E-state index in [1.807, 2.05) is 18.5 Å². The van der Waals surface area contributed by atoms with Crippen LogP contribution in [0.5, 0.6) is 0 Å². The van der Waals surface area contributed by atoms with Crippen LogP contribution in [0.25, 0.3) is 10.9 Å². The second-order valence-corrected chi connectivity index (χ2v) is 3.45. The third kappa shape index (κ3) is 1.39. The number of aromatic nitrogens is 2. The fourth-order valence-corrected chi connectivity index (χ4v) is 1.52. The molecule has 2 aromatic heterocycles. The topological polar surface area (TPSA) is 25.8 Å². The summed E-state index contributed by atoms with van der Waals surface area (Å²) >= 11 is 0. The maximum Gasteiger partial charge on any atom is 0.0887 e. The molecule has 2 heteroatoms. The van der Waals surface area contributed by atoms with Crippen molar-refractivity contribution in [1.82, 2.24) is 9.97 Å². The molecule has 0 aliphatic rings. The molecule has 0 atom stereocenters. The molecule has 2 heterocycles. The Morgan fingerprint density at radius 1 is 1.15 bits per heavy atom. The molecule has 0 aromatic carbocycles. The maximum atomic E-state index is 4.26. The highest BCUT2D eigenvalue weighted by molar-refractivity contribution is 5.81. The van der Waals surface area contributed by atoms with Gasteiger partial charge in [-0.15, -0.1) is 0 Å². The summed E-state index contributed by atoms with van der Waals surface area (Å²) in [6.07, 6.45) is 5.47. The first-order chi connectivity index (χ1) is 6.29. The van der Waals surface area contributed by atoms with Crippen LogP contribution in [0.1, 0.15) is 25.3 Å². The summed E-state index contributed by atoms with van der Waals surface area (Å²) in [6.45, 7) is 4.38. The Hall–Kier alpha value is -1.44. The van der Waals surface area contributed by atoms with E-state index in [1.165, 1.54) is 10.9 Å². The Bertz CT molecular complexity index is 416. The molecule has 0 fully saturated rings. The van der Waals surface area contributed by atoms with Crippen molar-refractivity contribution < 1.29 is 0 Å². The molecule has 2 nitrogen and oxygen atoms in total. The van der Waals surface area contributed by atoms with Crippen LogP contribution in [-0.2, 0) is 0 Å². The van der Waals surface area contributed by atoms with Gasteiger partial charge in [0.2, 0.25) is 0 Å². The predicted octanol–water partition coefficient (Wildman–Crippen LogP) is 2.75. The first-order valence-corrected chi connectivity index (χ1v) is 4.47. The van der Waals surface area contributed by atoms with Crippen molar-refractivity contribution in [3.05, 3.63) is 36.3 Å². The Kier molecular flexibility index (Phi) is 1.97. The van der Waals surface area contributed by atoms with Crippen molar-refractivity contribution in [1.29, 1.82) is 0 Å². The normalized spacial score (nSPS) is 11.0. The van der Waals surface area contributed by atoms with Gasteiger partial charge in [0.15, 0.2) is 0 Å². The molecule has 0 saturated heterocycles. The standard InChI is InChI=1S/C11H12N2/c1-8(2)9-4-6-13-11-7-12-5-3-10(9)11/h3-8H,1-2H3. The second-order valence-electron chi connectivity index (χ2n) is 3.45. The summed E-state index contributed by atoms with van der Waals surface area (Å²) in [5.41, 5.74) is 2.32. The molecular formula is C11H12N2. The van der Waals surface area contributed by atoms with E-state index in [2.05, 4.69) is 29.9 Å². The van der Waals surface area contributed by atoms with Gasteiger partial charge in [-0.3, -0.25) is 9.97 Å². The molecule has 0 aliphatic heterocycles. The third-order valence-electron chi connectivity index (χ3n) is 2.20. The number of hydrogen-bond acceptors (Lipinski definition) is 2. The van der Waals surface area contributed by atoms with Gasteiger partial charge >= 0.3 is 0 Å². The van der Waals surface area contributed by atoms with Gasteiger partial charge in [-0.2, -0.15) is 0 Å². The van der Waals surface area contributed by atoms with Gasteiger partial charge in [-0.1, -0.05) is 13.8 Å². The van der Waals surface area contributed by atoms with Crippen molar-refractivity contribution >= 4 is 10.9 Å². The van der Waals surface area contributed by atoms with Gasteiger partial charge in [-0.25, -0.2) is 0 Å². The number of nitrogens with zero attached hydrogens (tertiary/aromatic N) is 2. The van der Waals surface area contributed by atoms with Crippen molar-refractivity contribution in [3.63, 3.8) is 0 Å². The minimum Gasteiger partial charge on any atom is -0.262 e. The molecule has 0 amide bonds. The molecule has 2 rings (SSSR count). The summed E-state index contributed by atoms with van der Waals surface area (Å²) in [5, 5.41) is 1.22. The van der Waals surface area contributed by atoms with Crippen LogP contribution < -0.4 is 0 Å². The van der Waals surface area contributed by atoms with Crippen molar-refractivity contribution in [2.75, 3.05) is 0 Å².